The molecule has 2 aromatic rings. The molecule has 0 heterocycles. The molecule has 0 amide bonds. The summed E-state index contributed by atoms with van der Waals surface area (Å²) in [5.41, 5.74) is 2.40. The molecule has 0 fully saturated rings. The minimum atomic E-state index is -1.08. The van der Waals surface area contributed by atoms with E-state index in [4.69, 9.17) is 14.9 Å². The van der Waals surface area contributed by atoms with Gasteiger partial charge in [0, 0.05) is 6.54 Å². The Morgan fingerprint density at radius 1 is 0.852 bits per heavy atom. The van der Waals surface area contributed by atoms with Gasteiger partial charge in [-0.1, -0.05) is 60.7 Å². The number of benzene rings is 2. The first kappa shape index (κ1) is 22.3. The molecule has 0 bridgehead atoms. The van der Waals surface area contributed by atoms with E-state index in [9.17, 15) is 9.59 Å². The van der Waals surface area contributed by atoms with Gasteiger partial charge in [0.05, 0.1) is 19.4 Å². The topological polar surface area (TPSA) is 87.1 Å². The molecule has 0 aliphatic rings. The molecule has 2 rings (SSSR count). The van der Waals surface area contributed by atoms with Gasteiger partial charge in [-0.3, -0.25) is 9.59 Å². The summed E-state index contributed by atoms with van der Waals surface area (Å²) in [5.74, 6) is -2.15. The van der Waals surface area contributed by atoms with E-state index in [1.807, 2.05) is 12.1 Å². The predicted octanol–water partition coefficient (Wildman–Crippen LogP) is 3.29. The van der Waals surface area contributed by atoms with Crippen LogP contribution in [0.1, 0.15) is 30.1 Å². The van der Waals surface area contributed by atoms with Gasteiger partial charge < -0.3 is 19.8 Å². The van der Waals surface area contributed by atoms with Crippen molar-refractivity contribution in [2.75, 3.05) is 27.2 Å². The summed E-state index contributed by atoms with van der Waals surface area (Å²) in [6.45, 7) is 1.65. The summed E-state index contributed by atoms with van der Waals surface area (Å²) in [7, 11) is 4.12. The van der Waals surface area contributed by atoms with Crippen molar-refractivity contribution in [2.45, 2.75) is 18.9 Å². The summed E-state index contributed by atoms with van der Waals surface area (Å²) in [6, 6.07) is 20.8. The minimum absolute atomic E-state index is 0.0161. The van der Waals surface area contributed by atoms with Crippen LogP contribution in [-0.4, -0.2) is 54.3 Å². The SMILES string of the molecule is CN(C)CCOC(c1ccccc1)c1ccccc1.O=C(O)CCC(=O)O. The normalized spacial score (nSPS) is 10.4. The second-order valence-electron chi connectivity index (χ2n) is 6.16. The van der Waals surface area contributed by atoms with Crippen molar-refractivity contribution in [3.63, 3.8) is 0 Å². The van der Waals surface area contributed by atoms with Crippen molar-refractivity contribution >= 4 is 11.9 Å². The van der Waals surface area contributed by atoms with Gasteiger partial charge in [-0.2, -0.15) is 0 Å². The lowest BCUT2D eigenvalue weighted by Gasteiger charge is -2.20. The van der Waals surface area contributed by atoms with Crippen LogP contribution in [0, 0.1) is 0 Å². The quantitative estimate of drug-likeness (QED) is 0.701. The molecular weight excluding hydrogens is 346 g/mol. The molecule has 0 radical (unpaired) electrons. The number of carboxylic acid groups (broad SMARTS) is 2. The van der Waals surface area contributed by atoms with E-state index in [0.29, 0.717) is 0 Å². The van der Waals surface area contributed by atoms with Gasteiger partial charge in [-0.15, -0.1) is 0 Å². The zero-order valence-electron chi connectivity index (χ0n) is 15.7. The minimum Gasteiger partial charge on any atom is -0.481 e. The van der Waals surface area contributed by atoms with Crippen LogP contribution in [0.25, 0.3) is 0 Å². The van der Waals surface area contributed by atoms with Crippen LogP contribution >= 0.6 is 0 Å². The standard InChI is InChI=1S/C17H21NO.C4H6O4/c1-18(2)13-14-19-17(15-9-5-3-6-10-15)16-11-7-4-8-12-16;5-3(6)1-2-4(7)8/h3-12,17H,13-14H2,1-2H3;1-2H2,(H,5,6)(H,7,8). The van der Waals surface area contributed by atoms with Gasteiger partial charge in [0.1, 0.15) is 6.10 Å². The third-order valence-corrected chi connectivity index (χ3v) is 3.58. The smallest absolute Gasteiger partial charge is 0.303 e. The monoisotopic (exact) mass is 373 g/mol. The molecule has 6 nitrogen and oxygen atoms in total. The molecular formula is C21H27NO5. The Morgan fingerprint density at radius 2 is 1.26 bits per heavy atom. The van der Waals surface area contributed by atoms with Crippen molar-refractivity contribution in [3.05, 3.63) is 71.8 Å². The summed E-state index contributed by atoms with van der Waals surface area (Å²) in [6.07, 6.45) is -0.577. The fraction of sp³-hybridized carbons (Fsp3) is 0.333. The van der Waals surface area contributed by atoms with Crippen molar-refractivity contribution in [1.82, 2.24) is 4.90 Å². The fourth-order valence-corrected chi connectivity index (χ4v) is 2.21. The molecule has 0 aliphatic heterocycles. The van der Waals surface area contributed by atoms with Gasteiger partial charge in [0.2, 0.25) is 0 Å². The lowest BCUT2D eigenvalue weighted by atomic mass is 10.0. The number of carboxylic acids is 2. The van der Waals surface area contributed by atoms with E-state index in [2.05, 4.69) is 67.5 Å². The van der Waals surface area contributed by atoms with E-state index in [1.54, 1.807) is 0 Å². The maximum atomic E-state index is 9.64. The van der Waals surface area contributed by atoms with Gasteiger partial charge in [0.25, 0.3) is 0 Å². The molecule has 0 saturated heterocycles. The number of rotatable bonds is 9. The fourth-order valence-electron chi connectivity index (χ4n) is 2.21. The Balaban J connectivity index is 0.000000387. The lowest BCUT2D eigenvalue weighted by Crippen LogP contribution is -2.20. The van der Waals surface area contributed by atoms with Gasteiger partial charge in [-0.05, 0) is 25.2 Å². The highest BCUT2D eigenvalue weighted by atomic mass is 16.5. The lowest BCUT2D eigenvalue weighted by molar-refractivity contribution is -0.143. The average molecular weight is 373 g/mol. The molecule has 146 valence electrons. The Kier molecular flexibility index (Phi) is 10.4. The van der Waals surface area contributed by atoms with Crippen LogP contribution in [0.2, 0.25) is 0 Å². The second-order valence-corrected chi connectivity index (χ2v) is 6.16. The molecule has 0 spiro atoms. The summed E-state index contributed by atoms with van der Waals surface area (Å²) in [4.78, 5) is 21.4. The molecule has 2 N–H and O–H groups in total. The molecule has 0 atom stereocenters. The van der Waals surface area contributed by atoms with Crippen LogP contribution in [0.4, 0.5) is 0 Å². The number of aliphatic carboxylic acids is 2. The Hall–Kier alpha value is -2.70. The summed E-state index contributed by atoms with van der Waals surface area (Å²) >= 11 is 0. The Bertz CT molecular complexity index is 620. The number of hydrogen-bond donors (Lipinski definition) is 2. The van der Waals surface area contributed by atoms with Crippen LogP contribution in [0.3, 0.4) is 0 Å². The Labute approximate surface area is 160 Å². The van der Waals surface area contributed by atoms with E-state index >= 15 is 0 Å². The molecule has 6 heteroatoms. The number of carbonyl (C=O) groups is 2. The van der Waals surface area contributed by atoms with Gasteiger partial charge in [0.15, 0.2) is 0 Å². The van der Waals surface area contributed by atoms with E-state index in [-0.39, 0.29) is 18.9 Å². The molecule has 2 aromatic carbocycles. The van der Waals surface area contributed by atoms with Crippen LogP contribution < -0.4 is 0 Å². The van der Waals surface area contributed by atoms with Crippen molar-refractivity contribution < 1.29 is 24.5 Å². The average Bonchev–Trinajstić information content (AvgIpc) is 2.65. The van der Waals surface area contributed by atoms with Crippen molar-refractivity contribution in [2.24, 2.45) is 0 Å². The first-order valence-corrected chi connectivity index (χ1v) is 8.70. The van der Waals surface area contributed by atoms with E-state index < -0.39 is 11.9 Å². The number of likely N-dealkylation sites (N-methyl/N-ethyl adjacent to an activating group) is 1. The van der Waals surface area contributed by atoms with Gasteiger partial charge >= 0.3 is 11.9 Å². The van der Waals surface area contributed by atoms with Gasteiger partial charge in [-0.25, -0.2) is 0 Å². The van der Waals surface area contributed by atoms with E-state index in [1.165, 1.54) is 11.1 Å². The van der Waals surface area contributed by atoms with E-state index in [0.717, 1.165) is 13.2 Å². The maximum Gasteiger partial charge on any atom is 0.303 e. The third kappa shape index (κ3) is 10.1. The molecule has 0 saturated carbocycles. The maximum absolute atomic E-state index is 9.64. The predicted molar refractivity (Wildman–Crippen MR) is 104 cm³/mol. The number of hydrogen-bond acceptors (Lipinski definition) is 4. The van der Waals surface area contributed by atoms with Crippen LogP contribution in [0.15, 0.2) is 60.7 Å². The molecule has 0 aromatic heterocycles. The molecule has 0 aliphatic carbocycles. The molecule has 27 heavy (non-hydrogen) atoms. The zero-order valence-corrected chi connectivity index (χ0v) is 15.7. The van der Waals surface area contributed by atoms with Crippen molar-refractivity contribution in [1.29, 1.82) is 0 Å². The largest absolute Gasteiger partial charge is 0.481 e. The summed E-state index contributed by atoms with van der Waals surface area (Å²) < 4.78 is 6.08. The number of nitrogens with zero attached hydrogens (tertiary/aromatic N) is 1. The zero-order chi connectivity index (χ0) is 20.1. The highest BCUT2D eigenvalue weighted by molar-refractivity contribution is 5.75. The highest BCUT2D eigenvalue weighted by Crippen LogP contribution is 2.25. The number of ether oxygens (including phenoxy) is 1. The molecule has 0 unspecified atom stereocenters. The summed E-state index contributed by atoms with van der Waals surface area (Å²) in [5, 5.41) is 15.8. The first-order chi connectivity index (χ1) is 12.9. The van der Waals surface area contributed by atoms with Crippen molar-refractivity contribution in [3.8, 4) is 0 Å². The Morgan fingerprint density at radius 3 is 1.59 bits per heavy atom. The van der Waals surface area contributed by atoms with Crippen LogP contribution in [-0.2, 0) is 14.3 Å². The first-order valence-electron chi connectivity index (χ1n) is 8.70. The third-order valence-electron chi connectivity index (χ3n) is 3.58. The highest BCUT2D eigenvalue weighted by Gasteiger charge is 2.13. The van der Waals surface area contributed by atoms with Crippen LogP contribution in [0.5, 0.6) is 0 Å². The second kappa shape index (κ2) is 12.6.